The van der Waals surface area contributed by atoms with E-state index in [9.17, 15) is 49.1 Å². The quantitative estimate of drug-likeness (QED) is 0.279. The zero-order chi connectivity index (χ0) is 34.1. The van der Waals surface area contributed by atoms with Gasteiger partial charge in [0.15, 0.2) is 0 Å². The highest BCUT2D eigenvalue weighted by Crippen LogP contribution is 2.46. The number of anilines is 1. The van der Waals surface area contributed by atoms with Gasteiger partial charge in [-0.2, -0.15) is 39.5 Å². The average molecular weight is 657 g/mol. The van der Waals surface area contributed by atoms with Crippen molar-refractivity contribution in [1.82, 2.24) is 4.90 Å². The number of carbonyl (C=O) groups is 2. The second-order valence-electron chi connectivity index (χ2n) is 11.3. The van der Waals surface area contributed by atoms with Crippen molar-refractivity contribution in [2.45, 2.75) is 90.7 Å². The molecule has 6 nitrogen and oxygen atoms in total. The minimum absolute atomic E-state index is 0.0510. The van der Waals surface area contributed by atoms with Crippen LogP contribution in [0.4, 0.5) is 54.8 Å². The summed E-state index contributed by atoms with van der Waals surface area (Å²) in [5, 5.41) is 0. The molecule has 45 heavy (non-hydrogen) atoms. The lowest BCUT2D eigenvalue weighted by atomic mass is 9.85. The molecule has 1 aliphatic rings. The van der Waals surface area contributed by atoms with Gasteiger partial charge in [-0.05, 0) is 87.1 Å². The van der Waals surface area contributed by atoms with Crippen LogP contribution < -0.4 is 4.90 Å². The first-order valence-corrected chi connectivity index (χ1v) is 14.1. The molecule has 0 spiro atoms. The molecule has 0 fully saturated rings. The number of fused-ring (bicyclic) bond motifs is 1. The molecule has 0 N–H and O–H groups in total. The highest BCUT2D eigenvalue weighted by atomic mass is 19.4. The number of amides is 2. The lowest BCUT2D eigenvalue weighted by Gasteiger charge is -2.44. The SMILES string of the molecule is CCOC(=O)N(Cc1cc(C(F)(F)F)cc(C(F)(F)F)c1)C1CC(CC(C)C)N(C(=O)OC(C)C)c2ccc(C(F)(F)F)cc21. The Kier molecular flexibility index (Phi) is 10.6. The lowest BCUT2D eigenvalue weighted by molar-refractivity contribution is -0.143. The van der Waals surface area contributed by atoms with Crippen LogP contribution >= 0.6 is 0 Å². The van der Waals surface area contributed by atoms with Crippen molar-refractivity contribution in [3.8, 4) is 0 Å². The smallest absolute Gasteiger partial charge is 0.416 e. The Morgan fingerprint density at radius 1 is 0.867 bits per heavy atom. The Morgan fingerprint density at radius 2 is 1.42 bits per heavy atom. The largest absolute Gasteiger partial charge is 0.450 e. The van der Waals surface area contributed by atoms with Crippen LogP contribution in [-0.4, -0.2) is 35.8 Å². The summed E-state index contributed by atoms with van der Waals surface area (Å²) < 4.78 is 134. The van der Waals surface area contributed by atoms with E-state index in [1.165, 1.54) is 11.8 Å². The van der Waals surface area contributed by atoms with Gasteiger partial charge in [-0.1, -0.05) is 13.8 Å². The molecule has 2 atom stereocenters. The molecule has 15 heteroatoms. The summed E-state index contributed by atoms with van der Waals surface area (Å²) in [5.41, 5.74) is -5.24. The summed E-state index contributed by atoms with van der Waals surface area (Å²) in [7, 11) is 0. The fourth-order valence-corrected chi connectivity index (χ4v) is 5.27. The molecule has 0 radical (unpaired) electrons. The number of benzene rings is 2. The van der Waals surface area contributed by atoms with Gasteiger partial charge in [-0.15, -0.1) is 0 Å². The minimum Gasteiger partial charge on any atom is -0.450 e. The van der Waals surface area contributed by atoms with Gasteiger partial charge in [0, 0.05) is 12.6 Å². The first-order chi connectivity index (χ1) is 20.6. The molecule has 0 aliphatic carbocycles. The summed E-state index contributed by atoms with van der Waals surface area (Å²) in [6.07, 6.45) is -17.8. The second-order valence-corrected chi connectivity index (χ2v) is 11.3. The molecule has 2 aromatic rings. The van der Waals surface area contributed by atoms with Crippen LogP contribution in [-0.2, 0) is 34.5 Å². The Bertz CT molecular complexity index is 1340. The molecule has 0 saturated carbocycles. The number of rotatable bonds is 7. The molecular weight excluding hydrogens is 623 g/mol. The monoisotopic (exact) mass is 656 g/mol. The molecular formula is C30H33F9N2O4. The topological polar surface area (TPSA) is 59.1 Å². The van der Waals surface area contributed by atoms with Gasteiger partial charge in [0.05, 0.1) is 41.1 Å². The number of nitrogens with zero attached hydrogens (tertiary/aromatic N) is 2. The van der Waals surface area contributed by atoms with Crippen molar-refractivity contribution < 1.29 is 58.6 Å². The van der Waals surface area contributed by atoms with E-state index in [2.05, 4.69) is 0 Å². The van der Waals surface area contributed by atoms with Crippen molar-refractivity contribution in [2.24, 2.45) is 5.92 Å². The standard InChI is InChI=1S/C30H33F9N2O4/c1-6-44-26(42)40(15-18-10-20(29(34,35)36)12-21(11-18)30(37,38)39)25-14-22(9-16(2)3)41(27(43)45-17(4)5)24-8-7-19(13-23(24)25)28(31,32)33/h7-8,10-13,16-17,22,25H,6,9,14-15H2,1-5H3. The number of ether oxygens (including phenoxy) is 2. The van der Waals surface area contributed by atoms with E-state index in [-0.39, 0.29) is 42.7 Å². The highest BCUT2D eigenvalue weighted by Gasteiger charge is 2.44. The van der Waals surface area contributed by atoms with Crippen molar-refractivity contribution in [3.63, 3.8) is 0 Å². The molecule has 0 aromatic heterocycles. The fraction of sp³-hybridized carbons (Fsp3) is 0.533. The van der Waals surface area contributed by atoms with Gasteiger partial charge in [-0.25, -0.2) is 9.59 Å². The second kappa shape index (κ2) is 13.4. The Morgan fingerprint density at radius 3 is 1.89 bits per heavy atom. The van der Waals surface area contributed by atoms with Crippen LogP contribution in [0.25, 0.3) is 0 Å². The van der Waals surface area contributed by atoms with Crippen molar-refractivity contribution in [3.05, 3.63) is 64.2 Å². The Labute approximate surface area is 254 Å². The van der Waals surface area contributed by atoms with Crippen molar-refractivity contribution in [2.75, 3.05) is 11.5 Å². The summed E-state index contributed by atoms with van der Waals surface area (Å²) >= 11 is 0. The van der Waals surface area contributed by atoms with E-state index in [1.807, 2.05) is 13.8 Å². The van der Waals surface area contributed by atoms with Gasteiger partial charge in [0.25, 0.3) is 0 Å². The van der Waals surface area contributed by atoms with E-state index in [0.717, 1.165) is 17.0 Å². The predicted molar refractivity (Wildman–Crippen MR) is 145 cm³/mol. The predicted octanol–water partition coefficient (Wildman–Crippen LogP) is 9.61. The van der Waals surface area contributed by atoms with Crippen LogP contribution in [0.1, 0.15) is 81.3 Å². The fourth-order valence-electron chi connectivity index (χ4n) is 5.27. The summed E-state index contributed by atoms with van der Waals surface area (Å²) in [5.74, 6) is -0.0881. The molecule has 2 unspecified atom stereocenters. The zero-order valence-electron chi connectivity index (χ0n) is 25.0. The third-order valence-electron chi connectivity index (χ3n) is 6.99. The van der Waals surface area contributed by atoms with Crippen LogP contribution in [0, 0.1) is 5.92 Å². The average Bonchev–Trinajstić information content (AvgIpc) is 2.88. The van der Waals surface area contributed by atoms with Crippen molar-refractivity contribution >= 4 is 17.9 Å². The third-order valence-corrected chi connectivity index (χ3v) is 6.99. The van der Waals surface area contributed by atoms with Gasteiger partial charge in [0.2, 0.25) is 0 Å². The summed E-state index contributed by atoms with van der Waals surface area (Å²) in [4.78, 5) is 28.6. The van der Waals surface area contributed by atoms with Crippen LogP contribution in [0.2, 0.25) is 0 Å². The van der Waals surface area contributed by atoms with Crippen LogP contribution in [0.15, 0.2) is 36.4 Å². The molecule has 2 amide bonds. The molecule has 2 aromatic carbocycles. The number of halogens is 9. The molecule has 1 aliphatic heterocycles. The number of alkyl halides is 9. The van der Waals surface area contributed by atoms with E-state index in [1.54, 1.807) is 13.8 Å². The van der Waals surface area contributed by atoms with Gasteiger partial charge >= 0.3 is 30.7 Å². The molecule has 0 bridgehead atoms. The maximum atomic E-state index is 13.9. The van der Waals surface area contributed by atoms with Gasteiger partial charge < -0.3 is 9.47 Å². The van der Waals surface area contributed by atoms with Gasteiger partial charge in [0.1, 0.15) is 0 Å². The van der Waals surface area contributed by atoms with Gasteiger partial charge in [-0.3, -0.25) is 9.80 Å². The highest BCUT2D eigenvalue weighted by molar-refractivity contribution is 5.90. The van der Waals surface area contributed by atoms with E-state index >= 15 is 0 Å². The van der Waals surface area contributed by atoms with E-state index in [0.29, 0.717) is 18.2 Å². The van der Waals surface area contributed by atoms with E-state index in [4.69, 9.17) is 9.47 Å². The number of hydrogen-bond donors (Lipinski definition) is 0. The molecule has 250 valence electrons. The summed E-state index contributed by atoms with van der Waals surface area (Å²) in [6.45, 7) is 7.05. The normalized spacial score (nSPS) is 17.4. The maximum Gasteiger partial charge on any atom is 0.416 e. The minimum atomic E-state index is -5.18. The van der Waals surface area contributed by atoms with Crippen LogP contribution in [0.3, 0.4) is 0 Å². The number of carbonyl (C=O) groups excluding carboxylic acids is 2. The van der Waals surface area contributed by atoms with E-state index < -0.39 is 77.7 Å². The zero-order valence-corrected chi connectivity index (χ0v) is 25.0. The third kappa shape index (κ3) is 8.75. The molecule has 1 heterocycles. The van der Waals surface area contributed by atoms with Crippen molar-refractivity contribution in [1.29, 1.82) is 0 Å². The lowest BCUT2D eigenvalue weighted by Crippen LogP contribution is -2.50. The first-order valence-electron chi connectivity index (χ1n) is 14.1. The molecule has 0 saturated heterocycles. The van der Waals surface area contributed by atoms with Crippen LogP contribution in [0.5, 0.6) is 0 Å². The Balaban J connectivity index is 2.29. The summed E-state index contributed by atoms with van der Waals surface area (Å²) in [6, 6.07) is 1.16. The maximum absolute atomic E-state index is 13.9. The Hall–Kier alpha value is -3.65. The molecule has 3 rings (SSSR count). The first kappa shape index (κ1) is 35.8. The number of hydrogen-bond acceptors (Lipinski definition) is 4.